The van der Waals surface area contributed by atoms with Crippen LogP contribution in [0.15, 0.2) is 42.5 Å². The number of amides is 2. The summed E-state index contributed by atoms with van der Waals surface area (Å²) in [6.45, 7) is 1.31. The predicted octanol–water partition coefficient (Wildman–Crippen LogP) is 3.81. The van der Waals surface area contributed by atoms with E-state index in [9.17, 15) is 14.4 Å². The fraction of sp³-hybridized carbons (Fsp3) is 0.250. The van der Waals surface area contributed by atoms with Gasteiger partial charge in [0.25, 0.3) is 5.91 Å². The molecule has 2 aromatic rings. The average molecular weight is 455 g/mol. The molecule has 0 bridgehead atoms. The first-order chi connectivity index (χ1) is 13.8. The molecule has 0 fully saturated rings. The van der Waals surface area contributed by atoms with Crippen LogP contribution in [0, 0.1) is 0 Å². The topological polar surface area (TPSA) is 75.7 Å². The molecule has 0 aliphatic heterocycles. The lowest BCUT2D eigenvalue weighted by Gasteiger charge is -2.30. The fourth-order valence-corrected chi connectivity index (χ4v) is 3.56. The number of carbonyl (C=O) groups is 3. The maximum absolute atomic E-state index is 13.5. The van der Waals surface area contributed by atoms with Crippen molar-refractivity contribution in [3.63, 3.8) is 0 Å². The van der Waals surface area contributed by atoms with Crippen molar-refractivity contribution in [2.24, 2.45) is 0 Å². The van der Waals surface area contributed by atoms with Crippen molar-refractivity contribution in [1.29, 1.82) is 0 Å². The lowest BCUT2D eigenvalue weighted by Crippen LogP contribution is -2.48. The van der Waals surface area contributed by atoms with E-state index in [0.29, 0.717) is 11.3 Å². The molecule has 1 atom stereocenters. The van der Waals surface area contributed by atoms with E-state index in [2.05, 4.69) is 17.9 Å². The lowest BCUT2D eigenvalue weighted by atomic mass is 10.1. The van der Waals surface area contributed by atoms with E-state index >= 15 is 0 Å². The molecule has 0 spiro atoms. The van der Waals surface area contributed by atoms with E-state index in [1.807, 2.05) is 0 Å². The smallest absolute Gasteiger partial charge is 0.310 e. The van der Waals surface area contributed by atoms with Crippen molar-refractivity contribution in [3.05, 3.63) is 58.1 Å². The Labute approximate surface area is 184 Å². The second-order valence-corrected chi connectivity index (χ2v) is 7.24. The van der Waals surface area contributed by atoms with Crippen LogP contribution in [0.25, 0.3) is 0 Å². The molecule has 2 aromatic carbocycles. The van der Waals surface area contributed by atoms with Crippen molar-refractivity contribution < 1.29 is 19.1 Å². The second-order valence-electron chi connectivity index (χ2n) is 6.06. The Hall–Kier alpha value is -2.22. The molecule has 6 nitrogen and oxygen atoms in total. The zero-order valence-corrected chi connectivity index (χ0v) is 18.2. The summed E-state index contributed by atoms with van der Waals surface area (Å²) in [6, 6.07) is 10.7. The summed E-state index contributed by atoms with van der Waals surface area (Å²) in [7, 11) is 1.28. The predicted molar refractivity (Wildman–Crippen MR) is 117 cm³/mol. The van der Waals surface area contributed by atoms with Gasteiger partial charge in [-0.2, -0.15) is 12.6 Å². The van der Waals surface area contributed by atoms with Gasteiger partial charge in [0.2, 0.25) is 5.91 Å². The average Bonchev–Trinajstić information content (AvgIpc) is 2.69. The van der Waals surface area contributed by atoms with Gasteiger partial charge < -0.3 is 10.1 Å². The molecule has 29 heavy (non-hydrogen) atoms. The molecule has 0 saturated heterocycles. The Kier molecular flexibility index (Phi) is 8.37. The van der Waals surface area contributed by atoms with Gasteiger partial charge in [0.1, 0.15) is 6.04 Å². The number of nitrogens with zero attached hydrogens (tertiary/aromatic N) is 1. The Bertz CT molecular complexity index is 903. The first-order valence-corrected chi connectivity index (χ1v) is 9.99. The van der Waals surface area contributed by atoms with Crippen LogP contribution < -0.4 is 10.2 Å². The van der Waals surface area contributed by atoms with Crippen LogP contribution >= 0.6 is 35.8 Å². The van der Waals surface area contributed by atoms with Crippen LogP contribution in [-0.4, -0.2) is 36.7 Å². The number of hydrogen-bond acceptors (Lipinski definition) is 5. The Balaban J connectivity index is 2.68. The highest BCUT2D eigenvalue weighted by Gasteiger charge is 2.31. The molecule has 0 aliphatic carbocycles. The van der Waals surface area contributed by atoms with Gasteiger partial charge in [-0.25, -0.2) is 0 Å². The van der Waals surface area contributed by atoms with E-state index in [0.717, 1.165) is 0 Å². The zero-order chi connectivity index (χ0) is 21.6. The van der Waals surface area contributed by atoms with Gasteiger partial charge in [0.05, 0.1) is 35.0 Å². The molecule has 0 unspecified atom stereocenters. The summed E-state index contributed by atoms with van der Waals surface area (Å²) < 4.78 is 4.76. The van der Waals surface area contributed by atoms with Crippen LogP contribution in [0.2, 0.25) is 10.0 Å². The number of para-hydroxylation sites is 2. The van der Waals surface area contributed by atoms with Crippen LogP contribution in [0.1, 0.15) is 12.5 Å². The van der Waals surface area contributed by atoms with Crippen molar-refractivity contribution >= 4 is 65.0 Å². The van der Waals surface area contributed by atoms with E-state index in [4.69, 9.17) is 27.9 Å². The van der Waals surface area contributed by atoms with Gasteiger partial charge in [-0.1, -0.05) is 47.5 Å². The molecule has 2 amide bonds. The third-order valence-electron chi connectivity index (χ3n) is 4.03. The van der Waals surface area contributed by atoms with E-state index in [-0.39, 0.29) is 33.8 Å². The molecular formula is C20H20Cl2N2O4S. The Morgan fingerprint density at radius 1 is 1.10 bits per heavy atom. The fourth-order valence-electron chi connectivity index (χ4n) is 2.74. The molecule has 154 valence electrons. The zero-order valence-electron chi connectivity index (χ0n) is 15.8. The van der Waals surface area contributed by atoms with Gasteiger partial charge in [-0.3, -0.25) is 19.3 Å². The number of carbonyl (C=O) groups excluding carboxylic acids is 3. The van der Waals surface area contributed by atoms with Crippen LogP contribution in [0.3, 0.4) is 0 Å². The summed E-state index contributed by atoms with van der Waals surface area (Å²) in [5.74, 6) is -1.30. The first-order valence-electron chi connectivity index (χ1n) is 8.60. The highest BCUT2D eigenvalue weighted by molar-refractivity contribution is 7.80. The molecule has 1 N–H and O–H groups in total. The number of hydrogen-bond donors (Lipinski definition) is 2. The van der Waals surface area contributed by atoms with E-state index in [1.165, 1.54) is 18.9 Å². The first kappa shape index (κ1) is 23.1. The van der Waals surface area contributed by atoms with Crippen LogP contribution in [0.4, 0.5) is 11.4 Å². The summed E-state index contributed by atoms with van der Waals surface area (Å²) in [6.07, 6.45) is -0.0653. The molecule has 0 aliphatic rings. The van der Waals surface area contributed by atoms with Gasteiger partial charge in [0.15, 0.2) is 0 Å². The number of nitrogens with one attached hydrogen (secondary N) is 1. The number of anilines is 2. The number of halogens is 2. The molecule has 2 rings (SSSR count). The maximum atomic E-state index is 13.5. The summed E-state index contributed by atoms with van der Waals surface area (Å²) >= 11 is 17.0. The van der Waals surface area contributed by atoms with Gasteiger partial charge in [-0.15, -0.1) is 0 Å². The molecule has 0 saturated carbocycles. The largest absolute Gasteiger partial charge is 0.469 e. The monoisotopic (exact) mass is 454 g/mol. The summed E-state index contributed by atoms with van der Waals surface area (Å²) in [4.78, 5) is 38.2. The van der Waals surface area contributed by atoms with Crippen molar-refractivity contribution in [2.45, 2.75) is 19.4 Å². The molecular weight excluding hydrogens is 435 g/mol. The summed E-state index contributed by atoms with van der Waals surface area (Å²) in [5, 5.41) is 3.05. The quantitative estimate of drug-likeness (QED) is 0.492. The molecule has 0 aromatic heterocycles. The van der Waals surface area contributed by atoms with Crippen LogP contribution in [0.5, 0.6) is 0 Å². The number of thiol groups is 1. The maximum Gasteiger partial charge on any atom is 0.310 e. The highest BCUT2D eigenvalue weighted by Crippen LogP contribution is 2.40. The Morgan fingerprint density at radius 2 is 1.72 bits per heavy atom. The number of rotatable bonds is 7. The lowest BCUT2D eigenvalue weighted by molar-refractivity contribution is -0.139. The van der Waals surface area contributed by atoms with Gasteiger partial charge >= 0.3 is 5.97 Å². The second kappa shape index (κ2) is 10.5. The minimum Gasteiger partial charge on any atom is -0.469 e. The van der Waals surface area contributed by atoms with Crippen molar-refractivity contribution in [2.75, 3.05) is 17.8 Å². The van der Waals surface area contributed by atoms with Gasteiger partial charge in [0, 0.05) is 12.7 Å². The van der Waals surface area contributed by atoms with Crippen molar-refractivity contribution in [1.82, 2.24) is 5.32 Å². The number of ether oxygens (including phenoxy) is 1. The van der Waals surface area contributed by atoms with Crippen LogP contribution in [-0.2, 0) is 25.5 Å². The SMILES string of the molecule is COC(=O)Cc1ccccc1N(C(=O)[C@@H](CS)NC(C)=O)c1c(Cl)cccc1Cl. The number of esters is 1. The third-order valence-corrected chi connectivity index (χ3v) is 5.01. The van der Waals surface area contributed by atoms with Crippen molar-refractivity contribution in [3.8, 4) is 0 Å². The van der Waals surface area contributed by atoms with E-state index in [1.54, 1.807) is 42.5 Å². The highest BCUT2D eigenvalue weighted by atomic mass is 35.5. The Morgan fingerprint density at radius 3 is 2.28 bits per heavy atom. The van der Waals surface area contributed by atoms with E-state index < -0.39 is 17.9 Å². The normalized spacial score (nSPS) is 11.5. The molecule has 9 heteroatoms. The summed E-state index contributed by atoms with van der Waals surface area (Å²) in [5.41, 5.74) is 1.18. The minimum absolute atomic E-state index is 0.0517. The third kappa shape index (κ3) is 5.65. The number of methoxy groups -OCH3 is 1. The minimum atomic E-state index is -0.936. The van der Waals surface area contributed by atoms with Gasteiger partial charge in [-0.05, 0) is 23.8 Å². The molecule has 0 radical (unpaired) electrons. The standard InChI is InChI=1S/C20H20Cl2N2O4S/c1-12(25)23-16(11-29)20(27)24(19-14(21)7-5-8-15(19)22)17-9-4-3-6-13(17)10-18(26)28-2/h3-9,16,29H,10-11H2,1-2H3,(H,23,25)/t16-/m1/s1. The molecule has 0 heterocycles. The number of benzene rings is 2.